The molecule has 1 heterocycles. The minimum absolute atomic E-state index is 0.0449. The highest BCUT2D eigenvalue weighted by Gasteiger charge is 2.30. The number of nitrogens with one attached hydrogen (secondary N) is 2. The molecule has 4 heteroatoms. The lowest BCUT2D eigenvalue weighted by atomic mass is 10.1. The Morgan fingerprint density at radius 2 is 2.17 bits per heavy atom. The maximum absolute atomic E-state index is 11.4. The minimum Gasteiger partial charge on any atom is -0.369 e. The fourth-order valence-corrected chi connectivity index (χ4v) is 0.843. The van der Waals surface area contributed by atoms with E-state index in [1.807, 2.05) is 0 Å². The van der Waals surface area contributed by atoms with Crippen molar-refractivity contribution in [2.24, 2.45) is 0 Å². The van der Waals surface area contributed by atoms with Crippen LogP contribution in [0.15, 0.2) is 0 Å². The van der Waals surface area contributed by atoms with Crippen molar-refractivity contribution in [2.45, 2.75) is 25.5 Å². The van der Waals surface area contributed by atoms with Crippen molar-refractivity contribution in [3.05, 3.63) is 0 Å². The fraction of sp³-hybridized carbons (Fsp3) is 0.875. The van der Waals surface area contributed by atoms with Crippen LogP contribution in [0, 0.1) is 0 Å². The topological polar surface area (TPSA) is 50.4 Å². The number of methoxy groups -OCH3 is 1. The van der Waals surface area contributed by atoms with Gasteiger partial charge < -0.3 is 15.4 Å². The van der Waals surface area contributed by atoms with Gasteiger partial charge >= 0.3 is 0 Å². The van der Waals surface area contributed by atoms with Gasteiger partial charge in [-0.05, 0) is 13.8 Å². The first kappa shape index (κ1) is 9.48. The molecule has 0 saturated carbocycles. The predicted molar refractivity (Wildman–Crippen MR) is 45.9 cm³/mol. The summed E-state index contributed by atoms with van der Waals surface area (Å²) in [6, 6.07) is 0.284. The molecule has 1 fully saturated rings. The monoisotopic (exact) mass is 172 g/mol. The third-order valence-corrected chi connectivity index (χ3v) is 2.17. The van der Waals surface area contributed by atoms with E-state index in [1.165, 1.54) is 0 Å². The van der Waals surface area contributed by atoms with Gasteiger partial charge in [0.1, 0.15) is 5.60 Å². The lowest BCUT2D eigenvalue weighted by Crippen LogP contribution is -2.60. The Morgan fingerprint density at radius 1 is 1.58 bits per heavy atom. The first-order valence-corrected chi connectivity index (χ1v) is 4.13. The lowest BCUT2D eigenvalue weighted by Gasteiger charge is -2.31. The average Bonchev–Trinajstić information content (AvgIpc) is 1.96. The molecule has 0 bridgehead atoms. The Morgan fingerprint density at radius 3 is 2.50 bits per heavy atom. The van der Waals surface area contributed by atoms with Crippen molar-refractivity contribution in [3.63, 3.8) is 0 Å². The number of amides is 1. The SMILES string of the molecule is COC(C)(C)C(=O)NC1CNC1. The predicted octanol–water partition coefficient (Wildman–Crippen LogP) is -0.501. The molecule has 2 N–H and O–H groups in total. The van der Waals surface area contributed by atoms with Gasteiger partial charge in [0.2, 0.25) is 0 Å². The maximum atomic E-state index is 11.4. The summed E-state index contributed by atoms with van der Waals surface area (Å²) in [5.74, 6) is -0.0449. The van der Waals surface area contributed by atoms with Crippen molar-refractivity contribution in [3.8, 4) is 0 Å². The van der Waals surface area contributed by atoms with E-state index < -0.39 is 5.60 Å². The molecule has 0 atom stereocenters. The molecule has 4 nitrogen and oxygen atoms in total. The van der Waals surface area contributed by atoms with Gasteiger partial charge in [-0.3, -0.25) is 4.79 Å². The van der Waals surface area contributed by atoms with E-state index in [9.17, 15) is 4.79 Å². The Bertz CT molecular complexity index is 176. The standard InChI is InChI=1S/C8H16N2O2/c1-8(2,12-3)7(11)10-6-4-9-5-6/h6,9H,4-5H2,1-3H3,(H,10,11). The quantitative estimate of drug-likeness (QED) is 0.603. The van der Waals surface area contributed by atoms with E-state index in [1.54, 1.807) is 21.0 Å². The van der Waals surface area contributed by atoms with Crippen molar-refractivity contribution >= 4 is 5.91 Å². The molecular weight excluding hydrogens is 156 g/mol. The maximum Gasteiger partial charge on any atom is 0.251 e. The van der Waals surface area contributed by atoms with Gasteiger partial charge in [0.05, 0.1) is 6.04 Å². The molecule has 0 aromatic heterocycles. The molecule has 0 radical (unpaired) electrons. The van der Waals surface area contributed by atoms with Crippen LogP contribution >= 0.6 is 0 Å². The summed E-state index contributed by atoms with van der Waals surface area (Å²) in [6.07, 6.45) is 0. The largest absolute Gasteiger partial charge is 0.369 e. The molecule has 0 spiro atoms. The summed E-state index contributed by atoms with van der Waals surface area (Å²) >= 11 is 0. The summed E-state index contributed by atoms with van der Waals surface area (Å²) < 4.78 is 5.04. The van der Waals surface area contributed by atoms with Crippen LogP contribution in [0.1, 0.15) is 13.8 Å². The first-order chi connectivity index (χ1) is 5.56. The summed E-state index contributed by atoms with van der Waals surface area (Å²) in [5, 5.41) is 5.96. The second-order valence-electron chi connectivity index (χ2n) is 3.54. The molecule has 1 aliphatic rings. The molecule has 12 heavy (non-hydrogen) atoms. The molecule has 0 aliphatic carbocycles. The van der Waals surface area contributed by atoms with Crippen LogP contribution in [-0.4, -0.2) is 37.7 Å². The summed E-state index contributed by atoms with van der Waals surface area (Å²) in [4.78, 5) is 11.4. The zero-order valence-corrected chi connectivity index (χ0v) is 7.81. The van der Waals surface area contributed by atoms with Crippen molar-refractivity contribution in [1.82, 2.24) is 10.6 Å². The van der Waals surface area contributed by atoms with E-state index in [0.717, 1.165) is 13.1 Å². The van der Waals surface area contributed by atoms with Crippen LogP contribution in [0.5, 0.6) is 0 Å². The smallest absolute Gasteiger partial charge is 0.251 e. The van der Waals surface area contributed by atoms with E-state index in [-0.39, 0.29) is 11.9 Å². The van der Waals surface area contributed by atoms with Crippen molar-refractivity contribution in [2.75, 3.05) is 20.2 Å². The molecule has 0 aromatic carbocycles. The Hall–Kier alpha value is -0.610. The van der Waals surface area contributed by atoms with E-state index in [4.69, 9.17) is 4.74 Å². The molecule has 0 aromatic rings. The molecule has 1 rings (SSSR count). The van der Waals surface area contributed by atoms with Gasteiger partial charge in [0.25, 0.3) is 5.91 Å². The highest BCUT2D eigenvalue weighted by molar-refractivity contribution is 5.84. The summed E-state index contributed by atoms with van der Waals surface area (Å²) in [7, 11) is 1.54. The molecular formula is C8H16N2O2. The highest BCUT2D eigenvalue weighted by Crippen LogP contribution is 2.07. The second-order valence-corrected chi connectivity index (χ2v) is 3.54. The number of rotatable bonds is 3. The van der Waals surface area contributed by atoms with Crippen molar-refractivity contribution < 1.29 is 9.53 Å². The molecule has 70 valence electrons. The van der Waals surface area contributed by atoms with E-state index in [2.05, 4.69) is 10.6 Å². The molecule has 0 unspecified atom stereocenters. The minimum atomic E-state index is -0.713. The normalized spacial score (nSPS) is 18.6. The number of hydrogen-bond donors (Lipinski definition) is 2. The molecule has 1 saturated heterocycles. The highest BCUT2D eigenvalue weighted by atomic mass is 16.5. The van der Waals surface area contributed by atoms with Gasteiger partial charge in [-0.25, -0.2) is 0 Å². The Kier molecular flexibility index (Phi) is 2.69. The molecule has 1 amide bonds. The van der Waals surface area contributed by atoms with Crippen LogP contribution in [0.3, 0.4) is 0 Å². The van der Waals surface area contributed by atoms with Gasteiger partial charge in [-0.1, -0.05) is 0 Å². The van der Waals surface area contributed by atoms with Gasteiger partial charge in [-0.2, -0.15) is 0 Å². The Labute approximate surface area is 72.7 Å². The molecule has 1 aliphatic heterocycles. The first-order valence-electron chi connectivity index (χ1n) is 4.13. The van der Waals surface area contributed by atoms with Gasteiger partial charge in [0, 0.05) is 20.2 Å². The van der Waals surface area contributed by atoms with Crippen LogP contribution in [0.2, 0.25) is 0 Å². The van der Waals surface area contributed by atoms with Crippen LogP contribution in [0.4, 0.5) is 0 Å². The second kappa shape index (κ2) is 3.41. The number of carbonyl (C=O) groups excluding carboxylic acids is 1. The summed E-state index contributed by atoms with van der Waals surface area (Å²) in [5.41, 5.74) is -0.713. The zero-order valence-electron chi connectivity index (χ0n) is 7.81. The average molecular weight is 172 g/mol. The third-order valence-electron chi connectivity index (χ3n) is 2.17. The zero-order chi connectivity index (χ0) is 9.19. The number of ether oxygens (including phenoxy) is 1. The van der Waals surface area contributed by atoms with Gasteiger partial charge in [0.15, 0.2) is 0 Å². The van der Waals surface area contributed by atoms with Crippen LogP contribution < -0.4 is 10.6 Å². The lowest BCUT2D eigenvalue weighted by molar-refractivity contribution is -0.140. The van der Waals surface area contributed by atoms with Crippen LogP contribution in [0.25, 0.3) is 0 Å². The van der Waals surface area contributed by atoms with Crippen LogP contribution in [-0.2, 0) is 9.53 Å². The summed E-state index contributed by atoms with van der Waals surface area (Å²) in [6.45, 7) is 5.25. The van der Waals surface area contributed by atoms with E-state index in [0.29, 0.717) is 0 Å². The van der Waals surface area contributed by atoms with Gasteiger partial charge in [-0.15, -0.1) is 0 Å². The number of hydrogen-bond acceptors (Lipinski definition) is 3. The fourth-order valence-electron chi connectivity index (χ4n) is 0.843. The third kappa shape index (κ3) is 1.95. The number of carbonyl (C=O) groups is 1. The van der Waals surface area contributed by atoms with Crippen molar-refractivity contribution in [1.29, 1.82) is 0 Å². The Balaban J connectivity index is 2.35. The van der Waals surface area contributed by atoms with E-state index >= 15 is 0 Å².